The van der Waals surface area contributed by atoms with Gasteiger partial charge in [-0.1, -0.05) is 20.8 Å². The van der Waals surface area contributed by atoms with Crippen LogP contribution in [-0.4, -0.2) is 61.1 Å². The number of thioether (sulfide) groups is 1. The van der Waals surface area contributed by atoms with E-state index in [1.165, 1.54) is 57.9 Å². The lowest BCUT2D eigenvalue weighted by Gasteiger charge is -2.25. The molecule has 0 atom stereocenters. The van der Waals surface area contributed by atoms with E-state index in [0.29, 0.717) is 5.41 Å². The van der Waals surface area contributed by atoms with E-state index >= 15 is 0 Å². The Morgan fingerprint density at radius 1 is 0.941 bits per heavy atom. The van der Waals surface area contributed by atoms with Crippen LogP contribution in [-0.2, 0) is 0 Å². The summed E-state index contributed by atoms with van der Waals surface area (Å²) in [7, 11) is 0. The largest absolute Gasteiger partial charge is 0.302 e. The predicted octanol–water partition coefficient (Wildman–Crippen LogP) is 2.79. The molecule has 0 aromatic heterocycles. The number of rotatable bonds is 5. The van der Waals surface area contributed by atoms with E-state index in [-0.39, 0.29) is 0 Å². The van der Waals surface area contributed by atoms with Gasteiger partial charge in [0.25, 0.3) is 0 Å². The van der Waals surface area contributed by atoms with Crippen molar-refractivity contribution in [3.05, 3.63) is 0 Å². The Hall–Kier alpha value is 0.270. The Morgan fingerprint density at radius 3 is 2.06 bits per heavy atom. The highest BCUT2D eigenvalue weighted by atomic mass is 32.2. The Morgan fingerprint density at radius 2 is 1.53 bits per heavy atom. The smallest absolute Gasteiger partial charge is 0.0110 e. The molecule has 1 aliphatic rings. The first-order valence-electron chi connectivity index (χ1n) is 6.95. The molecule has 0 radical (unpaired) electrons. The standard InChI is InChI=1S/C14H30N2S/c1-14(2,3)6-9-15-7-5-8-16(11-10-15)12-13-17-4/h5-13H2,1-4H3. The maximum Gasteiger partial charge on any atom is 0.0110 e. The zero-order valence-electron chi connectivity index (χ0n) is 12.2. The summed E-state index contributed by atoms with van der Waals surface area (Å²) in [5, 5.41) is 0. The minimum atomic E-state index is 0.477. The third-order valence-electron chi connectivity index (χ3n) is 3.47. The Balaban J connectivity index is 2.22. The molecule has 1 fully saturated rings. The zero-order valence-corrected chi connectivity index (χ0v) is 13.0. The summed E-state index contributed by atoms with van der Waals surface area (Å²) in [4.78, 5) is 5.29. The number of hydrogen-bond donors (Lipinski definition) is 0. The molecule has 1 heterocycles. The van der Waals surface area contributed by atoms with Crippen molar-refractivity contribution in [3.63, 3.8) is 0 Å². The first-order chi connectivity index (χ1) is 8.01. The third-order valence-corrected chi connectivity index (χ3v) is 4.06. The SMILES string of the molecule is CSCCN1CCCN(CCC(C)(C)C)CC1. The van der Waals surface area contributed by atoms with E-state index in [1.807, 2.05) is 11.8 Å². The van der Waals surface area contributed by atoms with Crippen molar-refractivity contribution >= 4 is 11.8 Å². The molecule has 0 saturated carbocycles. The van der Waals surface area contributed by atoms with Crippen molar-refractivity contribution in [2.75, 3.05) is 51.3 Å². The molecule has 0 aromatic carbocycles. The van der Waals surface area contributed by atoms with E-state index in [2.05, 4.69) is 36.8 Å². The van der Waals surface area contributed by atoms with Crippen molar-refractivity contribution < 1.29 is 0 Å². The van der Waals surface area contributed by atoms with Crippen molar-refractivity contribution in [2.24, 2.45) is 5.41 Å². The van der Waals surface area contributed by atoms with E-state index < -0.39 is 0 Å². The van der Waals surface area contributed by atoms with Crippen LogP contribution in [0.1, 0.15) is 33.6 Å². The van der Waals surface area contributed by atoms with Crippen LogP contribution in [0.3, 0.4) is 0 Å². The minimum absolute atomic E-state index is 0.477. The van der Waals surface area contributed by atoms with Gasteiger partial charge in [0.1, 0.15) is 0 Å². The van der Waals surface area contributed by atoms with Gasteiger partial charge in [-0.05, 0) is 44.1 Å². The maximum absolute atomic E-state index is 2.66. The van der Waals surface area contributed by atoms with Crippen LogP contribution >= 0.6 is 11.8 Å². The van der Waals surface area contributed by atoms with Crippen LogP contribution in [0.5, 0.6) is 0 Å². The van der Waals surface area contributed by atoms with Gasteiger partial charge in [-0.2, -0.15) is 11.8 Å². The molecule has 0 N–H and O–H groups in total. The maximum atomic E-state index is 2.66. The predicted molar refractivity (Wildman–Crippen MR) is 80.0 cm³/mol. The topological polar surface area (TPSA) is 6.48 Å². The molecule has 1 rings (SSSR count). The van der Waals surface area contributed by atoms with Gasteiger partial charge >= 0.3 is 0 Å². The van der Waals surface area contributed by atoms with Gasteiger partial charge in [0.15, 0.2) is 0 Å². The first-order valence-corrected chi connectivity index (χ1v) is 8.34. The van der Waals surface area contributed by atoms with Crippen LogP contribution in [0.25, 0.3) is 0 Å². The van der Waals surface area contributed by atoms with Gasteiger partial charge in [0.2, 0.25) is 0 Å². The molecule has 0 amide bonds. The molecular formula is C14H30N2S. The van der Waals surface area contributed by atoms with Crippen LogP contribution in [0.15, 0.2) is 0 Å². The summed E-state index contributed by atoms with van der Waals surface area (Å²) in [6.45, 7) is 14.7. The molecule has 3 heteroatoms. The molecule has 102 valence electrons. The molecule has 1 aliphatic heterocycles. The van der Waals surface area contributed by atoms with Gasteiger partial charge in [-0.3, -0.25) is 0 Å². The van der Waals surface area contributed by atoms with E-state index in [1.54, 1.807) is 0 Å². The zero-order chi connectivity index (χ0) is 12.7. The molecule has 0 aromatic rings. The Kier molecular flexibility index (Phi) is 6.90. The van der Waals surface area contributed by atoms with Crippen molar-refractivity contribution in [1.29, 1.82) is 0 Å². The van der Waals surface area contributed by atoms with Crippen LogP contribution < -0.4 is 0 Å². The molecule has 17 heavy (non-hydrogen) atoms. The monoisotopic (exact) mass is 258 g/mol. The fraction of sp³-hybridized carbons (Fsp3) is 1.00. The van der Waals surface area contributed by atoms with Crippen molar-refractivity contribution in [3.8, 4) is 0 Å². The fourth-order valence-electron chi connectivity index (χ4n) is 2.19. The van der Waals surface area contributed by atoms with Crippen LogP contribution in [0.4, 0.5) is 0 Å². The molecule has 0 aliphatic carbocycles. The summed E-state index contributed by atoms with van der Waals surface area (Å²) in [6.07, 6.45) is 4.86. The van der Waals surface area contributed by atoms with Gasteiger partial charge in [0, 0.05) is 25.4 Å². The lowest BCUT2D eigenvalue weighted by molar-refractivity contribution is 0.228. The summed E-state index contributed by atoms with van der Waals surface area (Å²) in [5.74, 6) is 1.28. The molecule has 0 bridgehead atoms. The van der Waals surface area contributed by atoms with Gasteiger partial charge < -0.3 is 9.80 Å². The van der Waals surface area contributed by atoms with Gasteiger partial charge in [-0.25, -0.2) is 0 Å². The highest BCUT2D eigenvalue weighted by Crippen LogP contribution is 2.19. The van der Waals surface area contributed by atoms with Crippen molar-refractivity contribution in [1.82, 2.24) is 9.80 Å². The Bertz CT molecular complexity index is 201. The summed E-state index contributed by atoms with van der Waals surface area (Å²) >= 11 is 1.96. The third kappa shape index (κ3) is 7.32. The molecular weight excluding hydrogens is 228 g/mol. The van der Waals surface area contributed by atoms with E-state index in [0.717, 1.165) is 0 Å². The minimum Gasteiger partial charge on any atom is -0.302 e. The first kappa shape index (κ1) is 15.3. The summed E-state index contributed by atoms with van der Waals surface area (Å²) in [6, 6.07) is 0. The van der Waals surface area contributed by atoms with Gasteiger partial charge in [0.05, 0.1) is 0 Å². The van der Waals surface area contributed by atoms with Gasteiger partial charge in [-0.15, -0.1) is 0 Å². The quantitative estimate of drug-likeness (QED) is 0.749. The average Bonchev–Trinajstić information content (AvgIpc) is 2.48. The number of nitrogens with zero attached hydrogens (tertiary/aromatic N) is 2. The second kappa shape index (κ2) is 7.65. The van der Waals surface area contributed by atoms with E-state index in [4.69, 9.17) is 0 Å². The number of hydrogen-bond acceptors (Lipinski definition) is 3. The average molecular weight is 258 g/mol. The van der Waals surface area contributed by atoms with Crippen LogP contribution in [0.2, 0.25) is 0 Å². The molecule has 1 saturated heterocycles. The Labute approximate surface area is 112 Å². The highest BCUT2D eigenvalue weighted by Gasteiger charge is 2.17. The second-order valence-electron chi connectivity index (χ2n) is 6.34. The normalized spacial score (nSPS) is 20.5. The highest BCUT2D eigenvalue weighted by molar-refractivity contribution is 7.98. The van der Waals surface area contributed by atoms with Crippen molar-refractivity contribution in [2.45, 2.75) is 33.6 Å². The lowest BCUT2D eigenvalue weighted by atomic mass is 9.92. The second-order valence-corrected chi connectivity index (χ2v) is 7.33. The van der Waals surface area contributed by atoms with E-state index in [9.17, 15) is 0 Å². The molecule has 0 spiro atoms. The van der Waals surface area contributed by atoms with Crippen LogP contribution in [0, 0.1) is 5.41 Å². The molecule has 2 nitrogen and oxygen atoms in total. The lowest BCUT2D eigenvalue weighted by Crippen LogP contribution is -2.33. The fourth-order valence-corrected chi connectivity index (χ4v) is 2.63. The summed E-state index contributed by atoms with van der Waals surface area (Å²) in [5.41, 5.74) is 0.477. The summed E-state index contributed by atoms with van der Waals surface area (Å²) < 4.78 is 0. The molecule has 0 unspecified atom stereocenters.